The van der Waals surface area contributed by atoms with Gasteiger partial charge in [-0.15, -0.1) is 0 Å². The molecule has 20 heavy (non-hydrogen) atoms. The van der Waals surface area contributed by atoms with Crippen LogP contribution < -0.4 is 0 Å². The van der Waals surface area contributed by atoms with Crippen molar-refractivity contribution >= 4 is 27.8 Å². The highest BCUT2D eigenvalue weighted by Gasteiger charge is 2.06. The molecule has 2 aromatic carbocycles. The van der Waals surface area contributed by atoms with Crippen LogP contribution in [0.25, 0.3) is 0 Å². The van der Waals surface area contributed by atoms with Crippen molar-refractivity contribution in [1.29, 1.82) is 0 Å². The molecule has 2 rings (SSSR count). The van der Waals surface area contributed by atoms with E-state index in [1.807, 2.05) is 24.3 Å². The van der Waals surface area contributed by atoms with Gasteiger partial charge in [-0.2, -0.15) is 0 Å². The molecule has 0 aliphatic rings. The van der Waals surface area contributed by atoms with Gasteiger partial charge in [-0.25, -0.2) is 4.74 Å². The lowest BCUT2D eigenvalue weighted by molar-refractivity contribution is -0.469. The van der Waals surface area contributed by atoms with Gasteiger partial charge in [0.05, 0.1) is 4.92 Å². The Kier molecular flexibility index (Phi) is 4.47. The predicted molar refractivity (Wildman–Crippen MR) is 79.7 cm³/mol. The summed E-state index contributed by atoms with van der Waals surface area (Å²) in [4.78, 5) is 10.1. The van der Waals surface area contributed by atoms with Crippen molar-refractivity contribution in [2.24, 2.45) is 0 Å². The van der Waals surface area contributed by atoms with Gasteiger partial charge in [0, 0.05) is 27.7 Å². The van der Waals surface area contributed by atoms with Crippen LogP contribution in [0.1, 0.15) is 11.1 Å². The van der Waals surface area contributed by atoms with E-state index < -0.39 is 4.92 Å². The van der Waals surface area contributed by atoms with E-state index in [4.69, 9.17) is 0 Å². The molecule has 0 saturated carbocycles. The zero-order valence-electron chi connectivity index (χ0n) is 10.4. The van der Waals surface area contributed by atoms with E-state index >= 15 is 0 Å². The maximum absolute atomic E-state index is 11.9. The van der Waals surface area contributed by atoms with Crippen LogP contribution in [-0.2, 0) is 6.54 Å². The molecule has 6 heteroatoms. The van der Waals surface area contributed by atoms with E-state index in [0.717, 1.165) is 14.8 Å². The van der Waals surface area contributed by atoms with Gasteiger partial charge >= 0.3 is 0 Å². The fourth-order valence-corrected chi connectivity index (χ4v) is 2.10. The second-order valence-electron chi connectivity index (χ2n) is 4.14. The molecule has 0 atom stereocenters. The summed E-state index contributed by atoms with van der Waals surface area (Å²) >= 11 is 3.38. The van der Waals surface area contributed by atoms with Crippen LogP contribution in [0.4, 0.5) is 5.69 Å². The Morgan fingerprint density at radius 1 is 1.05 bits per heavy atom. The molecular weight excluding hydrogens is 324 g/mol. The summed E-state index contributed by atoms with van der Waals surface area (Å²) in [5.41, 5.74) is 1.50. The molecule has 0 N–H and O–H groups in total. The van der Waals surface area contributed by atoms with Crippen LogP contribution in [0.2, 0.25) is 0 Å². The standard InChI is InChI=1S/C14H11BrN2O3/c15-14-4-2-1-3-12(14)10-16(18)9-11-5-7-13(8-6-11)17(19)20/h1-9H,10H2. The van der Waals surface area contributed by atoms with Gasteiger partial charge in [-0.05, 0) is 18.2 Å². The largest absolute Gasteiger partial charge is 0.624 e. The van der Waals surface area contributed by atoms with Gasteiger partial charge in [0.1, 0.15) is 0 Å². The highest BCUT2D eigenvalue weighted by molar-refractivity contribution is 9.10. The summed E-state index contributed by atoms with van der Waals surface area (Å²) in [6.07, 6.45) is 1.41. The van der Waals surface area contributed by atoms with Crippen LogP contribution in [0.5, 0.6) is 0 Å². The van der Waals surface area contributed by atoms with E-state index in [1.54, 1.807) is 12.1 Å². The van der Waals surface area contributed by atoms with Crippen molar-refractivity contribution in [3.05, 3.63) is 79.5 Å². The molecule has 0 saturated heterocycles. The quantitative estimate of drug-likeness (QED) is 0.282. The van der Waals surface area contributed by atoms with Crippen molar-refractivity contribution < 1.29 is 9.66 Å². The molecule has 0 spiro atoms. The van der Waals surface area contributed by atoms with Crippen LogP contribution in [0.15, 0.2) is 53.0 Å². The molecule has 0 aromatic heterocycles. The molecule has 0 heterocycles. The minimum absolute atomic E-state index is 0.00500. The zero-order valence-corrected chi connectivity index (χ0v) is 12.0. The van der Waals surface area contributed by atoms with Crippen LogP contribution in [-0.4, -0.2) is 15.9 Å². The highest BCUT2D eigenvalue weighted by Crippen LogP contribution is 2.16. The van der Waals surface area contributed by atoms with Crippen molar-refractivity contribution in [3.8, 4) is 0 Å². The second kappa shape index (κ2) is 6.29. The van der Waals surface area contributed by atoms with E-state index in [-0.39, 0.29) is 12.2 Å². The third kappa shape index (κ3) is 3.64. The smallest absolute Gasteiger partial charge is 0.269 e. The number of hydroxylamine groups is 1. The Morgan fingerprint density at radius 3 is 2.30 bits per heavy atom. The topological polar surface area (TPSA) is 69.2 Å². The first-order valence-electron chi connectivity index (χ1n) is 5.83. The van der Waals surface area contributed by atoms with E-state index in [2.05, 4.69) is 15.9 Å². The molecule has 0 aliphatic carbocycles. The molecular formula is C14H11BrN2O3. The van der Waals surface area contributed by atoms with Gasteiger partial charge < -0.3 is 5.21 Å². The van der Waals surface area contributed by atoms with Gasteiger partial charge in [0.25, 0.3) is 5.69 Å². The minimum Gasteiger partial charge on any atom is -0.624 e. The molecule has 0 bridgehead atoms. The van der Waals surface area contributed by atoms with E-state index in [1.165, 1.54) is 18.3 Å². The van der Waals surface area contributed by atoms with E-state index in [0.29, 0.717) is 5.56 Å². The van der Waals surface area contributed by atoms with Gasteiger partial charge in [0.15, 0.2) is 12.8 Å². The van der Waals surface area contributed by atoms with Crippen LogP contribution >= 0.6 is 15.9 Å². The number of hydrogen-bond acceptors (Lipinski definition) is 3. The average Bonchev–Trinajstić information content (AvgIpc) is 2.42. The molecule has 0 radical (unpaired) electrons. The fraction of sp³-hybridized carbons (Fsp3) is 0.0714. The van der Waals surface area contributed by atoms with Crippen molar-refractivity contribution in [2.45, 2.75) is 6.54 Å². The number of nitrogens with zero attached hydrogens (tertiary/aromatic N) is 2. The van der Waals surface area contributed by atoms with Crippen molar-refractivity contribution in [3.63, 3.8) is 0 Å². The molecule has 102 valence electrons. The van der Waals surface area contributed by atoms with Crippen molar-refractivity contribution in [2.75, 3.05) is 0 Å². The second-order valence-corrected chi connectivity index (χ2v) is 5.00. The van der Waals surface area contributed by atoms with Crippen molar-refractivity contribution in [1.82, 2.24) is 0 Å². The average molecular weight is 335 g/mol. The number of nitro groups is 1. The normalized spacial score (nSPS) is 11.3. The van der Waals surface area contributed by atoms with Crippen LogP contribution in [0, 0.1) is 15.3 Å². The Balaban J connectivity index is 2.14. The Labute approximate surface area is 124 Å². The first-order chi connectivity index (χ1) is 9.56. The SMILES string of the molecule is O=[N+]([O-])c1ccc(C=[N+]([O-])Cc2ccccc2Br)cc1. The first kappa shape index (κ1) is 14.2. The number of non-ortho nitro benzene ring substituents is 1. The molecule has 5 nitrogen and oxygen atoms in total. The summed E-state index contributed by atoms with van der Waals surface area (Å²) in [6, 6.07) is 13.3. The summed E-state index contributed by atoms with van der Waals surface area (Å²) in [7, 11) is 0. The number of benzene rings is 2. The monoisotopic (exact) mass is 334 g/mol. The van der Waals surface area contributed by atoms with Gasteiger partial charge in [0.2, 0.25) is 0 Å². The molecule has 0 amide bonds. The number of nitro benzene ring substituents is 1. The van der Waals surface area contributed by atoms with E-state index in [9.17, 15) is 15.3 Å². The Morgan fingerprint density at radius 2 is 1.70 bits per heavy atom. The molecule has 0 fully saturated rings. The summed E-state index contributed by atoms with van der Waals surface area (Å²) < 4.78 is 1.67. The van der Waals surface area contributed by atoms with Gasteiger partial charge in [-0.3, -0.25) is 10.1 Å². The minimum atomic E-state index is -0.472. The molecule has 0 aliphatic heterocycles. The van der Waals surface area contributed by atoms with Gasteiger partial charge in [-0.1, -0.05) is 34.1 Å². The fourth-order valence-electron chi connectivity index (χ4n) is 1.69. The lowest BCUT2D eigenvalue weighted by Crippen LogP contribution is -2.06. The number of halogens is 1. The maximum Gasteiger partial charge on any atom is 0.269 e. The molecule has 0 unspecified atom stereocenters. The highest BCUT2D eigenvalue weighted by atomic mass is 79.9. The summed E-state index contributed by atoms with van der Waals surface area (Å²) in [5, 5.41) is 22.4. The lowest BCUT2D eigenvalue weighted by atomic mass is 10.2. The number of rotatable bonds is 4. The third-order valence-corrected chi connectivity index (χ3v) is 3.45. The summed E-state index contributed by atoms with van der Waals surface area (Å²) in [6.45, 7) is 0.207. The molecule has 2 aromatic rings. The zero-order chi connectivity index (χ0) is 14.5. The first-order valence-corrected chi connectivity index (χ1v) is 6.62. The third-order valence-electron chi connectivity index (χ3n) is 2.68. The van der Waals surface area contributed by atoms with Crippen LogP contribution in [0.3, 0.4) is 0 Å². The Hall–Kier alpha value is -2.21. The maximum atomic E-state index is 11.9. The Bertz CT molecular complexity index is 654. The summed E-state index contributed by atoms with van der Waals surface area (Å²) in [5.74, 6) is 0. The predicted octanol–water partition coefficient (Wildman–Crippen LogP) is 3.49. The number of hydrogen-bond donors (Lipinski definition) is 0. The lowest BCUT2D eigenvalue weighted by Gasteiger charge is -2.05.